The Morgan fingerprint density at radius 2 is 1.92 bits per heavy atom. The number of aromatic nitrogens is 5. The molecule has 3 heterocycles. The average Bonchev–Trinajstić information content (AvgIpc) is 3.41. The van der Waals surface area contributed by atoms with E-state index in [1.807, 2.05) is 0 Å². The minimum atomic E-state index is -4.96. The van der Waals surface area contributed by atoms with Gasteiger partial charge in [-0.15, -0.1) is 5.10 Å². The van der Waals surface area contributed by atoms with Crippen molar-refractivity contribution in [1.29, 1.82) is 0 Å². The van der Waals surface area contributed by atoms with Crippen molar-refractivity contribution in [1.82, 2.24) is 29.7 Å². The Morgan fingerprint density at radius 1 is 1.25 bits per heavy atom. The molecule has 3 aromatic rings. The number of benzene rings is 1. The third-order valence-corrected chi connectivity index (χ3v) is 5.24. The van der Waals surface area contributed by atoms with Crippen LogP contribution >= 0.6 is 11.6 Å². The first-order valence-electron chi connectivity index (χ1n) is 10.3. The summed E-state index contributed by atoms with van der Waals surface area (Å²) in [5, 5.41) is 15.3. The van der Waals surface area contributed by atoms with E-state index in [9.17, 15) is 27.9 Å². The summed E-state index contributed by atoms with van der Waals surface area (Å²) < 4.78 is 45.5. The number of rotatable bonds is 7. The zero-order valence-electron chi connectivity index (χ0n) is 18.4. The first-order valence-corrected chi connectivity index (χ1v) is 10.6. The average molecular weight is 527 g/mol. The lowest BCUT2D eigenvalue weighted by molar-refractivity contribution is -0.207. The quantitative estimate of drug-likeness (QED) is 0.431. The van der Waals surface area contributed by atoms with Crippen molar-refractivity contribution in [3.63, 3.8) is 0 Å². The van der Waals surface area contributed by atoms with Crippen LogP contribution in [0.3, 0.4) is 0 Å². The number of esters is 1. The second kappa shape index (κ2) is 10.0. The fraction of sp³-hybridized carbons (Fsp3) is 0.300. The summed E-state index contributed by atoms with van der Waals surface area (Å²) in [5.41, 5.74) is 2.19. The van der Waals surface area contributed by atoms with Gasteiger partial charge in [0.15, 0.2) is 11.9 Å². The van der Waals surface area contributed by atoms with Crippen molar-refractivity contribution >= 4 is 29.4 Å². The lowest BCUT2D eigenvalue weighted by Gasteiger charge is -2.17. The Bertz CT molecular complexity index is 1330. The van der Waals surface area contributed by atoms with Crippen molar-refractivity contribution in [3.05, 3.63) is 58.2 Å². The predicted molar refractivity (Wildman–Crippen MR) is 120 cm³/mol. The van der Waals surface area contributed by atoms with Crippen molar-refractivity contribution in [2.45, 2.75) is 31.5 Å². The molecule has 0 fully saturated rings. The van der Waals surface area contributed by atoms with Crippen LogP contribution < -0.4 is 16.1 Å². The molecule has 36 heavy (non-hydrogen) atoms. The molecule has 2 N–H and O–H groups in total. The molecule has 1 aliphatic heterocycles. The van der Waals surface area contributed by atoms with Crippen LogP contribution in [0.15, 0.2) is 52.5 Å². The summed E-state index contributed by atoms with van der Waals surface area (Å²) in [7, 11) is 1.15. The molecule has 0 radical (unpaired) electrons. The number of amidine groups is 1. The summed E-state index contributed by atoms with van der Waals surface area (Å²) in [5.74, 6) is -1.08. The second-order valence-electron chi connectivity index (χ2n) is 7.44. The predicted octanol–water partition coefficient (Wildman–Crippen LogP) is 1.00. The van der Waals surface area contributed by atoms with Gasteiger partial charge in [0, 0.05) is 23.0 Å². The molecule has 0 bridgehead atoms. The highest BCUT2D eigenvalue weighted by molar-refractivity contribution is 6.40. The third kappa shape index (κ3) is 5.22. The number of hydrogen-bond donors (Lipinski definition) is 2. The number of methoxy groups -OCH3 is 1. The van der Waals surface area contributed by atoms with E-state index in [4.69, 9.17) is 16.3 Å². The van der Waals surface area contributed by atoms with E-state index < -0.39 is 36.6 Å². The fourth-order valence-corrected chi connectivity index (χ4v) is 3.42. The van der Waals surface area contributed by atoms with Gasteiger partial charge in [0.05, 0.1) is 20.2 Å². The summed E-state index contributed by atoms with van der Waals surface area (Å²) in [6, 6.07) is 7.47. The van der Waals surface area contributed by atoms with Crippen LogP contribution in [0.2, 0.25) is 5.02 Å². The highest BCUT2D eigenvalue weighted by atomic mass is 35.5. The summed E-state index contributed by atoms with van der Waals surface area (Å²) in [6.45, 7) is -1.38. The number of halogens is 4. The molecule has 4 rings (SSSR count). The highest BCUT2D eigenvalue weighted by Crippen LogP contribution is 2.24. The Hall–Kier alpha value is -3.82. The number of anilines is 1. The number of aliphatic imine (C=N–C) groups is 1. The van der Waals surface area contributed by atoms with Gasteiger partial charge in [-0.1, -0.05) is 11.6 Å². The number of nitrogens with zero attached hydrogens (tertiary/aromatic N) is 7. The zero-order chi connectivity index (χ0) is 26.0. The number of aliphatic hydroxyl groups is 1. The van der Waals surface area contributed by atoms with E-state index in [2.05, 4.69) is 25.5 Å². The van der Waals surface area contributed by atoms with Gasteiger partial charge in [0.1, 0.15) is 6.17 Å². The maximum absolute atomic E-state index is 13.1. The van der Waals surface area contributed by atoms with Crippen LogP contribution in [0.5, 0.6) is 0 Å². The van der Waals surface area contributed by atoms with Crippen molar-refractivity contribution in [2.75, 3.05) is 12.1 Å². The highest BCUT2D eigenvalue weighted by Gasteiger charge is 2.40. The molecular formula is C20H18ClF3N8O4. The monoisotopic (exact) mass is 526 g/mol. The van der Waals surface area contributed by atoms with Crippen LogP contribution in [0, 0.1) is 0 Å². The number of ether oxygens (including phenoxy) is 1. The first kappa shape index (κ1) is 25.3. The van der Waals surface area contributed by atoms with Gasteiger partial charge in [-0.25, -0.2) is 34.2 Å². The summed E-state index contributed by atoms with van der Waals surface area (Å²) in [6.07, 6.45) is -5.86. The van der Waals surface area contributed by atoms with Crippen LogP contribution in [0.4, 0.5) is 19.1 Å². The molecule has 0 saturated heterocycles. The topological polar surface area (TPSA) is 140 Å². The van der Waals surface area contributed by atoms with Crippen molar-refractivity contribution in [2.24, 2.45) is 4.99 Å². The van der Waals surface area contributed by atoms with E-state index in [0.717, 1.165) is 16.8 Å². The van der Waals surface area contributed by atoms with Gasteiger partial charge in [0.2, 0.25) is 11.8 Å². The Morgan fingerprint density at radius 3 is 2.53 bits per heavy atom. The molecule has 0 saturated carbocycles. The number of aliphatic hydroxyl groups excluding tert-OH is 1. The molecule has 190 valence electrons. The van der Waals surface area contributed by atoms with Gasteiger partial charge in [-0.05, 0) is 30.3 Å². The maximum Gasteiger partial charge on any atom is 0.416 e. The van der Waals surface area contributed by atoms with E-state index in [1.54, 1.807) is 6.07 Å². The van der Waals surface area contributed by atoms with Gasteiger partial charge in [0.25, 0.3) is 0 Å². The number of nitrogens with one attached hydrogen (secondary N) is 1. The Labute approximate surface area is 205 Å². The minimum Gasteiger partial charge on any atom is -0.463 e. The van der Waals surface area contributed by atoms with Gasteiger partial charge in [-0.3, -0.25) is 4.57 Å². The van der Waals surface area contributed by atoms with Gasteiger partial charge < -0.3 is 9.84 Å². The number of hydrogen-bond acceptors (Lipinski definition) is 10. The molecule has 1 aromatic carbocycles. The molecule has 1 aliphatic rings. The van der Waals surface area contributed by atoms with Gasteiger partial charge >= 0.3 is 17.8 Å². The van der Waals surface area contributed by atoms with Crippen LogP contribution in [0.1, 0.15) is 0 Å². The molecule has 0 spiro atoms. The van der Waals surface area contributed by atoms with E-state index in [-0.39, 0.29) is 24.2 Å². The lowest BCUT2D eigenvalue weighted by Crippen LogP contribution is -2.46. The molecule has 0 aliphatic carbocycles. The normalized spacial score (nSPS) is 16.7. The molecule has 12 nitrogen and oxygen atoms in total. The molecular weight excluding hydrogens is 509 g/mol. The maximum atomic E-state index is 13.1. The lowest BCUT2D eigenvalue weighted by atomic mass is 10.2. The van der Waals surface area contributed by atoms with Crippen LogP contribution in [0.25, 0.3) is 11.4 Å². The van der Waals surface area contributed by atoms with Crippen LogP contribution in [-0.2, 0) is 22.6 Å². The number of alkyl halides is 3. The Kier molecular flexibility index (Phi) is 7.05. The molecule has 0 amide bonds. The fourth-order valence-electron chi connectivity index (χ4n) is 3.30. The SMILES string of the molecule is COC(=O)C1=NC(Cn2nc(-c3ccc(Cl)cc3)n(C[C@H](O)C(F)(F)F)c2=O)NN1c1ncccn1. The third-order valence-electron chi connectivity index (χ3n) is 4.99. The molecule has 2 atom stereocenters. The van der Waals surface area contributed by atoms with Gasteiger partial charge in [-0.2, -0.15) is 18.6 Å². The minimum absolute atomic E-state index is 0.0668. The smallest absolute Gasteiger partial charge is 0.416 e. The molecule has 16 heteroatoms. The van der Waals surface area contributed by atoms with Crippen molar-refractivity contribution < 1.29 is 27.8 Å². The molecule has 1 unspecified atom stereocenters. The largest absolute Gasteiger partial charge is 0.463 e. The van der Waals surface area contributed by atoms with Crippen molar-refractivity contribution in [3.8, 4) is 11.4 Å². The summed E-state index contributed by atoms with van der Waals surface area (Å²) >= 11 is 5.89. The number of carbonyl (C=O) groups excluding carboxylic acids is 1. The van der Waals surface area contributed by atoms with E-state index in [0.29, 0.717) is 15.2 Å². The van der Waals surface area contributed by atoms with E-state index in [1.165, 1.54) is 36.7 Å². The number of carbonyl (C=O) groups is 1. The van der Waals surface area contributed by atoms with E-state index >= 15 is 0 Å². The van der Waals surface area contributed by atoms with Crippen LogP contribution in [-0.4, -0.2) is 66.8 Å². The second-order valence-corrected chi connectivity index (χ2v) is 7.87. The first-order chi connectivity index (χ1) is 17.1. The summed E-state index contributed by atoms with van der Waals surface area (Å²) in [4.78, 5) is 37.6. The number of hydrazine groups is 1. The zero-order valence-corrected chi connectivity index (χ0v) is 19.2. The Balaban J connectivity index is 1.69. The molecule has 2 aromatic heterocycles. The standard InChI is InChI=1S/C20H18ClF3N8O4/c1-36-17(34)16-27-14(28-32(16)18-25-7-2-8-26-18)10-31-19(35)30(9-13(33)20(22,23)24)15(29-31)11-3-5-12(21)6-4-11/h2-8,13-14,28,33H,9-10H2,1H3/t13-,14?/m0/s1.